The zero-order valence-corrected chi connectivity index (χ0v) is 15.7. The van der Waals surface area contributed by atoms with Crippen molar-refractivity contribution in [2.45, 2.75) is 26.1 Å². The fourth-order valence-corrected chi connectivity index (χ4v) is 3.04. The average molecular weight is 390 g/mol. The third-order valence-corrected chi connectivity index (χ3v) is 4.48. The van der Waals surface area contributed by atoms with E-state index >= 15 is 0 Å². The molecule has 1 fully saturated rings. The Morgan fingerprint density at radius 3 is 2.25 bits per heavy atom. The van der Waals surface area contributed by atoms with Gasteiger partial charge in [-0.15, -0.1) is 0 Å². The largest absolute Gasteiger partial charge is 0.494 e. The maximum atomic E-state index is 14.4. The highest BCUT2D eigenvalue weighted by molar-refractivity contribution is 5.46. The van der Waals surface area contributed by atoms with Crippen LogP contribution < -0.4 is 4.74 Å². The van der Waals surface area contributed by atoms with E-state index in [9.17, 15) is 13.2 Å². The normalized spacial score (nSPS) is 19.0. The minimum atomic E-state index is -0.820. The van der Waals surface area contributed by atoms with Crippen LogP contribution >= 0.6 is 0 Å². The highest BCUT2D eigenvalue weighted by Crippen LogP contribution is 2.29. The van der Waals surface area contributed by atoms with Gasteiger partial charge in [-0.05, 0) is 36.8 Å². The van der Waals surface area contributed by atoms with Crippen LogP contribution in [-0.4, -0.2) is 20.3 Å². The van der Waals surface area contributed by atoms with Gasteiger partial charge in [0.2, 0.25) is 0 Å². The zero-order chi connectivity index (χ0) is 20.1. The second-order valence-corrected chi connectivity index (χ2v) is 6.61. The SMILES string of the molecule is CCCC1COC(c2cc(F)c(C#Cc3ccc(OC)c(F)c3)c(F)c2)OC1. The summed E-state index contributed by atoms with van der Waals surface area (Å²) in [5, 5.41) is 0. The molecule has 28 heavy (non-hydrogen) atoms. The molecular formula is C22H21F3O3. The first-order valence-electron chi connectivity index (χ1n) is 9.09. The van der Waals surface area contributed by atoms with Crippen LogP contribution in [0.25, 0.3) is 0 Å². The van der Waals surface area contributed by atoms with Gasteiger partial charge >= 0.3 is 0 Å². The minimum absolute atomic E-state index is 0.0703. The lowest BCUT2D eigenvalue weighted by molar-refractivity contribution is -0.206. The van der Waals surface area contributed by atoms with Crippen molar-refractivity contribution >= 4 is 0 Å². The van der Waals surface area contributed by atoms with Crippen LogP contribution in [-0.2, 0) is 9.47 Å². The van der Waals surface area contributed by atoms with E-state index in [-0.39, 0.29) is 22.4 Å². The molecule has 1 heterocycles. The molecule has 148 valence electrons. The maximum Gasteiger partial charge on any atom is 0.184 e. The molecule has 0 radical (unpaired) electrons. The number of rotatable bonds is 4. The second kappa shape index (κ2) is 9.13. The van der Waals surface area contributed by atoms with Crippen LogP contribution in [0.4, 0.5) is 13.2 Å². The number of benzene rings is 2. The van der Waals surface area contributed by atoms with Gasteiger partial charge < -0.3 is 14.2 Å². The lowest BCUT2D eigenvalue weighted by atomic mass is 10.0. The zero-order valence-electron chi connectivity index (χ0n) is 15.7. The molecule has 0 bridgehead atoms. The van der Waals surface area contributed by atoms with Crippen molar-refractivity contribution in [1.29, 1.82) is 0 Å². The minimum Gasteiger partial charge on any atom is -0.494 e. The summed E-state index contributed by atoms with van der Waals surface area (Å²) in [5.41, 5.74) is 0.160. The second-order valence-electron chi connectivity index (χ2n) is 6.61. The lowest BCUT2D eigenvalue weighted by Gasteiger charge is -2.29. The summed E-state index contributed by atoms with van der Waals surface area (Å²) in [4.78, 5) is 0. The summed E-state index contributed by atoms with van der Waals surface area (Å²) in [6.07, 6.45) is 1.21. The van der Waals surface area contributed by atoms with E-state index in [1.54, 1.807) is 0 Å². The van der Waals surface area contributed by atoms with Crippen molar-refractivity contribution in [1.82, 2.24) is 0 Å². The van der Waals surface area contributed by atoms with Crippen molar-refractivity contribution in [3.63, 3.8) is 0 Å². The van der Waals surface area contributed by atoms with Crippen LogP contribution in [0.1, 0.15) is 42.7 Å². The van der Waals surface area contributed by atoms with Crippen LogP contribution in [0.3, 0.4) is 0 Å². The van der Waals surface area contributed by atoms with Gasteiger partial charge in [-0.25, -0.2) is 13.2 Å². The fraction of sp³-hybridized carbons (Fsp3) is 0.364. The molecule has 0 N–H and O–H groups in total. The third kappa shape index (κ3) is 4.67. The predicted molar refractivity (Wildman–Crippen MR) is 98.3 cm³/mol. The first kappa shape index (κ1) is 20.2. The molecule has 0 amide bonds. The predicted octanol–water partition coefficient (Wildman–Crippen LogP) is 4.97. The van der Waals surface area contributed by atoms with Crippen molar-refractivity contribution in [3.05, 3.63) is 64.5 Å². The molecule has 3 rings (SSSR count). The topological polar surface area (TPSA) is 27.7 Å². The summed E-state index contributed by atoms with van der Waals surface area (Å²) >= 11 is 0. The van der Waals surface area contributed by atoms with E-state index < -0.39 is 23.7 Å². The van der Waals surface area contributed by atoms with Crippen LogP contribution in [0.15, 0.2) is 30.3 Å². The van der Waals surface area contributed by atoms with Gasteiger partial charge in [0.05, 0.1) is 25.9 Å². The fourth-order valence-electron chi connectivity index (χ4n) is 3.04. The molecule has 0 saturated carbocycles. The third-order valence-electron chi connectivity index (χ3n) is 4.48. The quantitative estimate of drug-likeness (QED) is 0.690. The Labute approximate surface area is 162 Å². The van der Waals surface area contributed by atoms with Crippen molar-refractivity contribution in [2.24, 2.45) is 5.92 Å². The van der Waals surface area contributed by atoms with E-state index in [0.29, 0.717) is 19.1 Å². The molecule has 3 nitrogen and oxygen atoms in total. The number of methoxy groups -OCH3 is 1. The van der Waals surface area contributed by atoms with Gasteiger partial charge in [0, 0.05) is 17.0 Å². The first-order chi connectivity index (χ1) is 13.5. The molecule has 1 aliphatic heterocycles. The summed E-state index contributed by atoms with van der Waals surface area (Å²) in [5.74, 6) is 3.12. The molecular weight excluding hydrogens is 369 g/mol. The molecule has 2 aromatic carbocycles. The number of hydrogen-bond acceptors (Lipinski definition) is 3. The molecule has 0 aromatic heterocycles. The van der Waals surface area contributed by atoms with Crippen LogP contribution in [0.5, 0.6) is 5.75 Å². The van der Waals surface area contributed by atoms with Gasteiger partial charge in [-0.1, -0.05) is 25.2 Å². The highest BCUT2D eigenvalue weighted by Gasteiger charge is 2.24. The smallest absolute Gasteiger partial charge is 0.184 e. The molecule has 0 aliphatic carbocycles. The van der Waals surface area contributed by atoms with Crippen LogP contribution in [0, 0.1) is 35.2 Å². The Hall–Kier alpha value is -2.49. The summed E-state index contributed by atoms with van der Waals surface area (Å²) < 4.78 is 58.6. The van der Waals surface area contributed by atoms with Crippen molar-refractivity contribution in [2.75, 3.05) is 20.3 Å². The molecule has 1 saturated heterocycles. The molecule has 0 spiro atoms. The first-order valence-corrected chi connectivity index (χ1v) is 9.09. The van der Waals surface area contributed by atoms with Gasteiger partial charge in [0.15, 0.2) is 17.9 Å². The monoisotopic (exact) mass is 390 g/mol. The summed E-state index contributed by atoms with van der Waals surface area (Å²) in [6, 6.07) is 6.37. The van der Waals surface area contributed by atoms with E-state index in [0.717, 1.165) is 31.0 Å². The lowest BCUT2D eigenvalue weighted by Crippen LogP contribution is -2.27. The highest BCUT2D eigenvalue weighted by atomic mass is 19.1. The van der Waals surface area contributed by atoms with Gasteiger partial charge in [-0.2, -0.15) is 0 Å². The average Bonchev–Trinajstić information content (AvgIpc) is 2.68. The summed E-state index contributed by atoms with van der Waals surface area (Å²) in [6.45, 7) is 3.07. The van der Waals surface area contributed by atoms with E-state index in [2.05, 4.69) is 18.8 Å². The van der Waals surface area contributed by atoms with Crippen LogP contribution in [0.2, 0.25) is 0 Å². The van der Waals surface area contributed by atoms with Crippen molar-refractivity contribution < 1.29 is 27.4 Å². The van der Waals surface area contributed by atoms with Gasteiger partial charge in [-0.3, -0.25) is 0 Å². The Morgan fingerprint density at radius 1 is 1.00 bits per heavy atom. The summed E-state index contributed by atoms with van der Waals surface area (Å²) in [7, 11) is 1.35. The number of halogens is 3. The molecule has 0 atom stereocenters. The maximum absolute atomic E-state index is 14.4. The molecule has 2 aromatic rings. The van der Waals surface area contributed by atoms with Gasteiger partial charge in [0.25, 0.3) is 0 Å². The molecule has 1 aliphatic rings. The Kier molecular flexibility index (Phi) is 6.61. The Balaban J connectivity index is 1.77. The standard InChI is InChI=1S/C22H21F3O3/c1-3-4-15-12-27-22(28-13-15)16-10-18(23)17(19(24)11-16)7-5-14-6-8-21(26-2)20(25)9-14/h6,8-11,15,22H,3-4,12-13H2,1-2H3. The van der Waals surface area contributed by atoms with E-state index in [1.165, 1.54) is 19.2 Å². The Morgan fingerprint density at radius 2 is 1.68 bits per heavy atom. The number of ether oxygens (including phenoxy) is 3. The Bertz CT molecular complexity index is 871. The van der Waals surface area contributed by atoms with Crippen molar-refractivity contribution in [3.8, 4) is 17.6 Å². The number of hydrogen-bond donors (Lipinski definition) is 0. The van der Waals surface area contributed by atoms with E-state index in [1.807, 2.05) is 0 Å². The van der Waals surface area contributed by atoms with E-state index in [4.69, 9.17) is 14.2 Å². The molecule has 0 unspecified atom stereocenters. The molecule has 6 heteroatoms. The van der Waals surface area contributed by atoms with Gasteiger partial charge in [0.1, 0.15) is 11.6 Å².